The Bertz CT molecular complexity index is 1160. The number of carbonyl (C=O) groups is 3. The molecular formula is C28H32O12. The van der Waals surface area contributed by atoms with E-state index in [1.54, 1.807) is 6.92 Å². The van der Waals surface area contributed by atoms with Gasteiger partial charge in [-0.05, 0) is 42.3 Å². The van der Waals surface area contributed by atoms with Crippen molar-refractivity contribution in [3.63, 3.8) is 0 Å². The summed E-state index contributed by atoms with van der Waals surface area (Å²) < 4.78 is 28.1. The molecule has 0 spiro atoms. The van der Waals surface area contributed by atoms with E-state index in [-0.39, 0.29) is 30.8 Å². The molecule has 2 fully saturated rings. The van der Waals surface area contributed by atoms with Crippen molar-refractivity contribution in [1.29, 1.82) is 0 Å². The maximum Gasteiger partial charge on any atom is 0.310 e. The lowest BCUT2D eigenvalue weighted by molar-refractivity contribution is -0.318. The van der Waals surface area contributed by atoms with Crippen molar-refractivity contribution in [2.75, 3.05) is 6.61 Å². The van der Waals surface area contributed by atoms with Crippen LogP contribution in [0.5, 0.6) is 11.5 Å². The molecule has 4 N–H and O–H groups in total. The first-order valence-corrected chi connectivity index (χ1v) is 12.9. The SMILES string of the molecule is C[C@@H]1C[C@H](O[C@@H]2O[C@@H](CO)[C@@H](O)[C@H](OC(=O)Cc3ccc(O)cc3)[C@H]2OC(=O)Cc2ccc(O)cc2)CC(=O)O1. The molecule has 2 aromatic rings. The molecule has 40 heavy (non-hydrogen) atoms. The number of benzene rings is 2. The highest BCUT2D eigenvalue weighted by Crippen LogP contribution is 2.31. The summed E-state index contributed by atoms with van der Waals surface area (Å²) in [5, 5.41) is 39.8. The lowest BCUT2D eigenvalue weighted by atomic mass is 9.98. The number of hydrogen-bond donors (Lipinski definition) is 4. The van der Waals surface area contributed by atoms with Gasteiger partial charge in [0, 0.05) is 6.42 Å². The standard InChI is InChI=1S/C28H32O12/c1-15-10-20(13-24(34)36-15)37-28-27(40-23(33)12-17-4-8-19(31)9-5-17)26(25(35)21(14-29)38-28)39-22(32)11-16-2-6-18(30)7-3-16/h2-9,15,20-21,25-31,35H,10-14H2,1H3/t15-,20+,21+,25-,26+,27-,28-/m1/s1. The van der Waals surface area contributed by atoms with Crippen LogP contribution < -0.4 is 0 Å². The maximum atomic E-state index is 13.0. The summed E-state index contributed by atoms with van der Waals surface area (Å²) in [5.74, 6) is -1.99. The van der Waals surface area contributed by atoms with Crippen molar-refractivity contribution in [2.24, 2.45) is 0 Å². The molecular weight excluding hydrogens is 528 g/mol. The van der Waals surface area contributed by atoms with Gasteiger partial charge in [-0.15, -0.1) is 0 Å². The Balaban J connectivity index is 1.56. The number of aliphatic hydroxyl groups excluding tert-OH is 2. The van der Waals surface area contributed by atoms with Crippen LogP contribution in [0.4, 0.5) is 0 Å². The molecule has 4 rings (SSSR count). The molecule has 12 nitrogen and oxygen atoms in total. The van der Waals surface area contributed by atoms with E-state index in [0.717, 1.165) is 0 Å². The van der Waals surface area contributed by atoms with Gasteiger partial charge in [-0.2, -0.15) is 0 Å². The minimum absolute atomic E-state index is 0.0178. The van der Waals surface area contributed by atoms with Crippen LogP contribution >= 0.6 is 0 Å². The van der Waals surface area contributed by atoms with Gasteiger partial charge in [-0.1, -0.05) is 24.3 Å². The molecule has 12 heteroatoms. The number of hydrogen-bond acceptors (Lipinski definition) is 12. The number of rotatable bonds is 9. The van der Waals surface area contributed by atoms with Crippen molar-refractivity contribution in [1.82, 2.24) is 0 Å². The number of esters is 3. The van der Waals surface area contributed by atoms with E-state index in [1.807, 2.05) is 0 Å². The average molecular weight is 561 g/mol. The lowest BCUT2D eigenvalue weighted by Crippen LogP contribution is -2.62. The second-order valence-corrected chi connectivity index (χ2v) is 9.81. The van der Waals surface area contributed by atoms with Crippen LogP contribution in [0.3, 0.4) is 0 Å². The summed E-state index contributed by atoms with van der Waals surface area (Å²) in [7, 11) is 0. The Labute approximate surface area is 230 Å². The third-order valence-electron chi connectivity index (χ3n) is 6.55. The van der Waals surface area contributed by atoms with Crippen LogP contribution in [0.15, 0.2) is 48.5 Å². The number of carbonyl (C=O) groups excluding carboxylic acids is 3. The van der Waals surface area contributed by atoms with Crippen molar-refractivity contribution in [3.8, 4) is 11.5 Å². The smallest absolute Gasteiger partial charge is 0.310 e. The van der Waals surface area contributed by atoms with Gasteiger partial charge >= 0.3 is 17.9 Å². The molecule has 2 aliphatic rings. The first-order valence-electron chi connectivity index (χ1n) is 12.9. The monoisotopic (exact) mass is 560 g/mol. The molecule has 0 bridgehead atoms. The van der Waals surface area contributed by atoms with E-state index in [2.05, 4.69) is 0 Å². The molecule has 2 aromatic carbocycles. The quantitative estimate of drug-likeness (QED) is 0.252. The largest absolute Gasteiger partial charge is 0.508 e. The molecule has 2 aliphatic heterocycles. The van der Waals surface area contributed by atoms with Crippen LogP contribution in [-0.4, -0.2) is 87.9 Å². The van der Waals surface area contributed by atoms with E-state index in [0.29, 0.717) is 17.5 Å². The van der Waals surface area contributed by atoms with Crippen LogP contribution in [0.25, 0.3) is 0 Å². The van der Waals surface area contributed by atoms with E-state index in [4.69, 9.17) is 23.7 Å². The number of ether oxygens (including phenoxy) is 5. The molecule has 7 atom stereocenters. The topological polar surface area (TPSA) is 178 Å². The number of cyclic esters (lactones) is 1. The first kappa shape index (κ1) is 29.3. The van der Waals surface area contributed by atoms with E-state index < -0.39 is 67.4 Å². The molecule has 216 valence electrons. The summed E-state index contributed by atoms with van der Waals surface area (Å²) in [6, 6.07) is 11.7. The Morgan fingerprint density at radius 3 is 1.93 bits per heavy atom. The van der Waals surface area contributed by atoms with Gasteiger partial charge < -0.3 is 44.1 Å². The molecule has 0 saturated carbocycles. The molecule has 2 saturated heterocycles. The normalized spacial score (nSPS) is 28.4. The van der Waals surface area contributed by atoms with E-state index in [1.165, 1.54) is 48.5 Å². The zero-order chi connectivity index (χ0) is 28.8. The molecule has 0 aliphatic carbocycles. The molecule has 0 unspecified atom stereocenters. The number of aliphatic hydroxyl groups is 2. The van der Waals surface area contributed by atoms with Crippen molar-refractivity contribution >= 4 is 17.9 Å². The second kappa shape index (κ2) is 13.1. The highest BCUT2D eigenvalue weighted by molar-refractivity contribution is 5.74. The van der Waals surface area contributed by atoms with Crippen LogP contribution in [-0.2, 0) is 50.9 Å². The van der Waals surface area contributed by atoms with Gasteiger partial charge in [0.25, 0.3) is 0 Å². The number of phenolic OH excluding ortho intramolecular Hbond substituents is 2. The second-order valence-electron chi connectivity index (χ2n) is 9.81. The highest BCUT2D eigenvalue weighted by Gasteiger charge is 2.51. The van der Waals surface area contributed by atoms with Gasteiger partial charge in [-0.3, -0.25) is 14.4 Å². The van der Waals surface area contributed by atoms with Gasteiger partial charge in [0.2, 0.25) is 0 Å². The Morgan fingerprint density at radius 2 is 1.43 bits per heavy atom. The molecule has 0 amide bonds. The maximum absolute atomic E-state index is 13.0. The van der Waals surface area contributed by atoms with Gasteiger partial charge in [-0.25, -0.2) is 0 Å². The minimum atomic E-state index is -1.59. The van der Waals surface area contributed by atoms with Gasteiger partial charge in [0.1, 0.15) is 29.8 Å². The van der Waals surface area contributed by atoms with Crippen LogP contribution in [0.1, 0.15) is 30.9 Å². The van der Waals surface area contributed by atoms with Gasteiger partial charge in [0.05, 0.1) is 32.0 Å². The summed E-state index contributed by atoms with van der Waals surface area (Å²) in [5.41, 5.74) is 1.04. The van der Waals surface area contributed by atoms with Crippen LogP contribution in [0.2, 0.25) is 0 Å². The summed E-state index contributed by atoms with van der Waals surface area (Å²) >= 11 is 0. The van der Waals surface area contributed by atoms with Crippen molar-refractivity contribution < 1.29 is 58.5 Å². The van der Waals surface area contributed by atoms with Crippen molar-refractivity contribution in [3.05, 3.63) is 59.7 Å². The Kier molecular flexibility index (Phi) is 9.58. The van der Waals surface area contributed by atoms with E-state index >= 15 is 0 Å². The third kappa shape index (κ3) is 7.69. The lowest BCUT2D eigenvalue weighted by Gasteiger charge is -2.44. The molecule has 0 radical (unpaired) electrons. The predicted molar refractivity (Wildman–Crippen MR) is 135 cm³/mol. The minimum Gasteiger partial charge on any atom is -0.508 e. The zero-order valence-electron chi connectivity index (χ0n) is 21.8. The fourth-order valence-electron chi connectivity index (χ4n) is 4.61. The summed E-state index contributed by atoms with van der Waals surface area (Å²) in [4.78, 5) is 37.8. The molecule has 0 aromatic heterocycles. The fraction of sp³-hybridized carbons (Fsp3) is 0.464. The Morgan fingerprint density at radius 1 is 0.900 bits per heavy atom. The first-order chi connectivity index (χ1) is 19.1. The highest BCUT2D eigenvalue weighted by atomic mass is 16.7. The fourth-order valence-corrected chi connectivity index (χ4v) is 4.61. The average Bonchev–Trinajstić information content (AvgIpc) is 2.89. The summed E-state index contributed by atoms with van der Waals surface area (Å²) in [6.07, 6.45) is -8.55. The van der Waals surface area contributed by atoms with Crippen molar-refractivity contribution in [2.45, 2.75) is 75.5 Å². The third-order valence-corrected chi connectivity index (χ3v) is 6.55. The zero-order valence-corrected chi connectivity index (χ0v) is 21.8. The van der Waals surface area contributed by atoms with Crippen LogP contribution in [0, 0.1) is 0 Å². The number of aromatic hydroxyl groups is 2. The van der Waals surface area contributed by atoms with Gasteiger partial charge in [0.15, 0.2) is 18.5 Å². The molecule has 2 heterocycles. The number of phenols is 2. The van der Waals surface area contributed by atoms with E-state index in [9.17, 15) is 34.8 Å². The summed E-state index contributed by atoms with van der Waals surface area (Å²) in [6.45, 7) is 1.03. The Hall–Kier alpha value is -3.71. The predicted octanol–water partition coefficient (Wildman–Crippen LogP) is 0.895.